The second-order valence-corrected chi connectivity index (χ2v) is 9.23. The van der Waals surface area contributed by atoms with Gasteiger partial charge in [0.05, 0.1) is 0 Å². The molecule has 33 heavy (non-hydrogen) atoms. The minimum absolute atomic E-state index is 0.147. The Morgan fingerprint density at radius 3 is 2.48 bits per heavy atom. The van der Waals surface area contributed by atoms with E-state index in [1.807, 2.05) is 73.7 Å². The van der Waals surface area contributed by atoms with Gasteiger partial charge in [0.15, 0.2) is 17.1 Å². The highest BCUT2D eigenvalue weighted by molar-refractivity contribution is 8.00. The van der Waals surface area contributed by atoms with Gasteiger partial charge in [0.25, 0.3) is 5.91 Å². The highest BCUT2D eigenvalue weighted by Crippen LogP contribution is 2.49. The molecule has 3 heterocycles. The number of fused-ring (bicyclic) bond motifs is 3. The first-order chi connectivity index (χ1) is 16.1. The quantitative estimate of drug-likeness (QED) is 0.456. The molecule has 2 aliphatic heterocycles. The van der Waals surface area contributed by atoms with Gasteiger partial charge >= 0.3 is 0 Å². The highest BCUT2D eigenvalue weighted by atomic mass is 32.2. The normalized spacial score (nSPS) is 20.6. The van der Waals surface area contributed by atoms with E-state index in [-0.39, 0.29) is 11.7 Å². The molecule has 0 aliphatic carbocycles. The summed E-state index contributed by atoms with van der Waals surface area (Å²) in [7, 11) is 0. The van der Waals surface area contributed by atoms with E-state index in [0.29, 0.717) is 22.2 Å². The molecule has 2 unspecified atom stereocenters. The van der Waals surface area contributed by atoms with E-state index in [1.165, 1.54) is 11.8 Å². The lowest BCUT2D eigenvalue weighted by molar-refractivity contribution is -0.120. The second-order valence-electron chi connectivity index (χ2n) is 8.16. The number of carbonyl (C=O) groups is 2. The number of Topliss-reactive ketones (excluding diaryl/α,β-unsaturated/α-hetero) is 1. The summed E-state index contributed by atoms with van der Waals surface area (Å²) in [5.74, 6) is 0.158. The fraction of sp³-hybridized carbons (Fsp3) is 0.120. The summed E-state index contributed by atoms with van der Waals surface area (Å²) in [6.07, 6.45) is 0. The number of anilines is 1. The van der Waals surface area contributed by atoms with E-state index in [4.69, 9.17) is 0 Å². The van der Waals surface area contributed by atoms with Gasteiger partial charge in [0, 0.05) is 22.4 Å². The van der Waals surface area contributed by atoms with Crippen LogP contribution < -0.4 is 10.7 Å². The number of nitrogens with one attached hydrogen (secondary N) is 2. The van der Waals surface area contributed by atoms with Gasteiger partial charge in [0.2, 0.25) is 5.16 Å². The van der Waals surface area contributed by atoms with Crippen LogP contribution in [0.3, 0.4) is 0 Å². The molecule has 1 amide bonds. The summed E-state index contributed by atoms with van der Waals surface area (Å²) in [5.41, 5.74) is 6.02. The molecule has 1 spiro atoms. The van der Waals surface area contributed by atoms with Crippen LogP contribution in [-0.2, 0) is 10.3 Å². The summed E-state index contributed by atoms with van der Waals surface area (Å²) in [6.45, 7) is 2.02. The summed E-state index contributed by atoms with van der Waals surface area (Å²) < 4.78 is 1.73. The molecule has 1 aromatic heterocycles. The Labute approximate surface area is 194 Å². The lowest BCUT2D eigenvalue weighted by atomic mass is 9.84. The molecule has 0 saturated heterocycles. The van der Waals surface area contributed by atoms with Gasteiger partial charge in [-0.05, 0) is 13.0 Å². The maximum Gasteiger partial charge on any atom is 0.257 e. The fourth-order valence-corrected chi connectivity index (χ4v) is 5.66. The molecule has 2 N–H and O–H groups in total. The fourth-order valence-electron chi connectivity index (χ4n) is 4.42. The Morgan fingerprint density at radius 2 is 1.70 bits per heavy atom. The van der Waals surface area contributed by atoms with Gasteiger partial charge in [-0.2, -0.15) is 0 Å². The SMILES string of the molecule is Cc1ccc(-c2nnc3n2NC2(C(=O)Nc4ccccc42)C(C(=O)c2ccccc2)S3)cc1. The number of nitrogens with zero attached hydrogens (tertiary/aromatic N) is 3. The standard InChI is InChI=1S/C25H19N5O2S/c1-15-11-13-17(14-12-15)22-27-28-24-30(22)29-25(18-9-5-6-10-19(18)26-23(25)32)21(33-24)20(31)16-7-3-2-4-8-16/h2-14,21,29H,1H3,(H,26,32). The van der Waals surface area contributed by atoms with Gasteiger partial charge in [-0.15, -0.1) is 10.2 Å². The lowest BCUT2D eigenvalue weighted by Gasteiger charge is -2.40. The summed E-state index contributed by atoms with van der Waals surface area (Å²) >= 11 is 1.26. The number of aromatic nitrogens is 3. The number of aryl methyl sites for hydroxylation is 1. The highest BCUT2D eigenvalue weighted by Gasteiger charge is 2.59. The van der Waals surface area contributed by atoms with E-state index in [0.717, 1.165) is 16.7 Å². The van der Waals surface area contributed by atoms with Crippen molar-refractivity contribution in [2.24, 2.45) is 0 Å². The zero-order valence-electron chi connectivity index (χ0n) is 17.6. The van der Waals surface area contributed by atoms with Crippen molar-refractivity contribution >= 4 is 29.1 Å². The lowest BCUT2D eigenvalue weighted by Crippen LogP contribution is -2.58. The van der Waals surface area contributed by atoms with E-state index in [1.54, 1.807) is 16.8 Å². The summed E-state index contributed by atoms with van der Waals surface area (Å²) in [4.78, 5) is 27.3. The third kappa shape index (κ3) is 2.91. The topological polar surface area (TPSA) is 88.9 Å². The third-order valence-electron chi connectivity index (χ3n) is 6.10. The van der Waals surface area contributed by atoms with E-state index in [2.05, 4.69) is 20.9 Å². The Morgan fingerprint density at radius 1 is 0.970 bits per heavy atom. The average Bonchev–Trinajstić information content (AvgIpc) is 3.38. The van der Waals surface area contributed by atoms with Gasteiger partial charge in [-0.3, -0.25) is 9.59 Å². The molecule has 6 rings (SSSR count). The molecule has 4 aromatic rings. The van der Waals surface area contributed by atoms with Crippen molar-refractivity contribution in [3.8, 4) is 11.4 Å². The van der Waals surface area contributed by atoms with Gasteiger partial charge in [-0.1, -0.05) is 90.1 Å². The first-order valence-electron chi connectivity index (χ1n) is 10.6. The van der Waals surface area contributed by atoms with Crippen molar-refractivity contribution in [3.63, 3.8) is 0 Å². The molecular formula is C25H19N5O2S. The van der Waals surface area contributed by atoms with E-state index in [9.17, 15) is 9.59 Å². The predicted octanol–water partition coefficient (Wildman–Crippen LogP) is 4.00. The molecular weight excluding hydrogens is 434 g/mol. The van der Waals surface area contributed by atoms with Gasteiger partial charge in [0.1, 0.15) is 5.25 Å². The molecule has 3 aromatic carbocycles. The monoisotopic (exact) mass is 453 g/mol. The number of benzene rings is 3. The maximum absolute atomic E-state index is 13.7. The number of hydrogen-bond donors (Lipinski definition) is 2. The number of hydrogen-bond acceptors (Lipinski definition) is 6. The molecule has 2 atom stereocenters. The largest absolute Gasteiger partial charge is 0.323 e. The van der Waals surface area contributed by atoms with Crippen LogP contribution in [0.25, 0.3) is 11.4 Å². The third-order valence-corrected chi connectivity index (χ3v) is 7.38. The van der Waals surface area contributed by atoms with Gasteiger partial charge in [-0.25, -0.2) is 4.68 Å². The molecule has 0 radical (unpaired) electrons. The molecule has 8 heteroatoms. The number of rotatable bonds is 3. The molecule has 2 aliphatic rings. The first-order valence-corrected chi connectivity index (χ1v) is 11.4. The number of amides is 1. The smallest absolute Gasteiger partial charge is 0.257 e. The number of thioether (sulfide) groups is 1. The Bertz CT molecular complexity index is 1400. The van der Waals surface area contributed by atoms with Crippen molar-refractivity contribution in [3.05, 3.63) is 95.6 Å². The second kappa shape index (κ2) is 7.31. The molecule has 7 nitrogen and oxygen atoms in total. The van der Waals surface area contributed by atoms with Crippen LogP contribution in [-0.4, -0.2) is 31.8 Å². The van der Waals surface area contributed by atoms with Crippen LogP contribution in [0.15, 0.2) is 84.0 Å². The van der Waals surface area contributed by atoms with Crippen LogP contribution in [0.5, 0.6) is 0 Å². The number of para-hydroxylation sites is 1. The Hall–Kier alpha value is -3.91. The van der Waals surface area contributed by atoms with Crippen molar-refractivity contribution in [2.75, 3.05) is 10.7 Å². The van der Waals surface area contributed by atoms with Crippen molar-refractivity contribution in [1.29, 1.82) is 0 Å². The number of carbonyl (C=O) groups excluding carboxylic acids is 2. The molecule has 0 fully saturated rings. The van der Waals surface area contributed by atoms with Crippen LogP contribution >= 0.6 is 11.8 Å². The van der Waals surface area contributed by atoms with Gasteiger partial charge < -0.3 is 10.7 Å². The predicted molar refractivity (Wildman–Crippen MR) is 127 cm³/mol. The molecule has 0 saturated carbocycles. The van der Waals surface area contributed by atoms with Crippen molar-refractivity contribution < 1.29 is 9.59 Å². The number of ketones is 1. The Kier molecular flexibility index (Phi) is 4.38. The van der Waals surface area contributed by atoms with E-state index >= 15 is 0 Å². The van der Waals surface area contributed by atoms with Crippen LogP contribution in [0.4, 0.5) is 5.69 Å². The minimum Gasteiger partial charge on any atom is -0.323 e. The maximum atomic E-state index is 13.7. The first kappa shape index (κ1) is 19.8. The minimum atomic E-state index is -1.32. The van der Waals surface area contributed by atoms with Crippen LogP contribution in [0.1, 0.15) is 21.5 Å². The van der Waals surface area contributed by atoms with E-state index < -0.39 is 10.8 Å². The van der Waals surface area contributed by atoms with Crippen LogP contribution in [0, 0.1) is 6.92 Å². The van der Waals surface area contributed by atoms with Crippen LogP contribution in [0.2, 0.25) is 0 Å². The zero-order chi connectivity index (χ0) is 22.6. The van der Waals surface area contributed by atoms with Crippen molar-refractivity contribution in [1.82, 2.24) is 14.9 Å². The molecule has 162 valence electrons. The average molecular weight is 454 g/mol. The summed E-state index contributed by atoms with van der Waals surface area (Å²) in [6, 6.07) is 24.5. The van der Waals surface area contributed by atoms with Crippen molar-refractivity contribution in [2.45, 2.75) is 22.9 Å². The Balaban J connectivity index is 1.54. The molecule has 0 bridgehead atoms. The summed E-state index contributed by atoms with van der Waals surface area (Å²) in [5, 5.41) is 11.5. The zero-order valence-corrected chi connectivity index (χ0v) is 18.5.